The highest BCUT2D eigenvalue weighted by atomic mass is 32.1. The van der Waals surface area contributed by atoms with Crippen molar-refractivity contribution in [1.29, 1.82) is 0 Å². The normalized spacial score (nSPS) is 15.0. The quantitative estimate of drug-likeness (QED) is 0.172. The average Bonchev–Trinajstić information content (AvgIpc) is 3.76. The van der Waals surface area contributed by atoms with Crippen molar-refractivity contribution in [3.05, 3.63) is 173 Å². The molecule has 0 amide bonds. The number of hydrogen-bond acceptors (Lipinski definition) is 2. The number of benzene rings is 7. The Morgan fingerprint density at radius 3 is 1.81 bits per heavy atom. The monoisotopic (exact) mass is 771 g/mol. The van der Waals surface area contributed by atoms with Crippen molar-refractivity contribution in [3.63, 3.8) is 0 Å². The summed E-state index contributed by atoms with van der Waals surface area (Å²) in [5.74, 6) is 0. The number of anilines is 3. The topological polar surface area (TPSA) is 3.24 Å². The molecule has 0 aliphatic heterocycles. The van der Waals surface area contributed by atoms with E-state index in [0.29, 0.717) is 0 Å². The third kappa shape index (κ3) is 5.55. The lowest BCUT2D eigenvalue weighted by Crippen LogP contribution is -2.19. The van der Waals surface area contributed by atoms with E-state index in [0.717, 1.165) is 5.69 Å². The third-order valence-electron chi connectivity index (χ3n) is 13.4. The van der Waals surface area contributed by atoms with Gasteiger partial charge in [-0.3, -0.25) is 0 Å². The van der Waals surface area contributed by atoms with E-state index in [1.165, 1.54) is 98.3 Å². The lowest BCUT2D eigenvalue weighted by molar-refractivity contribution is 0.580. The average molecular weight is 772 g/mol. The van der Waals surface area contributed by atoms with Crippen LogP contribution in [-0.2, 0) is 21.7 Å². The van der Waals surface area contributed by atoms with Gasteiger partial charge >= 0.3 is 0 Å². The van der Waals surface area contributed by atoms with Gasteiger partial charge < -0.3 is 4.90 Å². The Morgan fingerprint density at radius 1 is 0.414 bits per heavy atom. The van der Waals surface area contributed by atoms with E-state index in [-0.39, 0.29) is 21.7 Å². The van der Waals surface area contributed by atoms with Crippen molar-refractivity contribution in [2.45, 2.75) is 90.9 Å². The Bertz CT molecular complexity index is 2970. The van der Waals surface area contributed by atoms with Crippen LogP contribution in [0.5, 0.6) is 0 Å². The lowest BCUT2D eigenvalue weighted by Gasteiger charge is -2.29. The summed E-state index contributed by atoms with van der Waals surface area (Å²) in [4.78, 5) is 2.49. The SMILES string of the molecule is CC(C)(C)c1ccc2c(c1)C(C)(C)c1cc(C(C)(C)C)cc(-c3cccc(N(c4ccc5c(c4)C(C)(C)c4ccccc4-5)c4ccc5c(c4)sc4ccccc45)c3)c1-2. The molecule has 1 nitrogen and oxygen atoms in total. The van der Waals surface area contributed by atoms with Crippen molar-refractivity contribution < 1.29 is 0 Å². The Hall–Kier alpha value is -5.44. The van der Waals surface area contributed by atoms with Crippen LogP contribution < -0.4 is 4.90 Å². The second kappa shape index (κ2) is 12.5. The van der Waals surface area contributed by atoms with E-state index < -0.39 is 0 Å². The lowest BCUT2D eigenvalue weighted by atomic mass is 9.76. The molecule has 2 heteroatoms. The molecule has 2 aliphatic rings. The third-order valence-corrected chi connectivity index (χ3v) is 14.5. The molecule has 0 bridgehead atoms. The molecule has 0 saturated carbocycles. The summed E-state index contributed by atoms with van der Waals surface area (Å²) >= 11 is 1.88. The molecule has 7 aromatic carbocycles. The predicted molar refractivity (Wildman–Crippen MR) is 252 cm³/mol. The predicted octanol–water partition coefficient (Wildman–Crippen LogP) is 16.4. The van der Waals surface area contributed by atoms with Crippen molar-refractivity contribution in [1.82, 2.24) is 0 Å². The van der Waals surface area contributed by atoms with Crippen LogP contribution in [0, 0.1) is 0 Å². The Labute approximate surface area is 349 Å². The van der Waals surface area contributed by atoms with Crippen LogP contribution in [0.1, 0.15) is 103 Å². The first-order chi connectivity index (χ1) is 27.5. The highest BCUT2D eigenvalue weighted by molar-refractivity contribution is 7.25. The van der Waals surface area contributed by atoms with Gasteiger partial charge in [0.1, 0.15) is 0 Å². The van der Waals surface area contributed by atoms with Crippen LogP contribution in [-0.4, -0.2) is 0 Å². The molecule has 0 unspecified atom stereocenters. The van der Waals surface area contributed by atoms with Gasteiger partial charge in [-0.25, -0.2) is 0 Å². The summed E-state index contributed by atoms with van der Waals surface area (Å²) in [6.45, 7) is 23.6. The molecule has 288 valence electrons. The summed E-state index contributed by atoms with van der Waals surface area (Å²) in [7, 11) is 0. The Morgan fingerprint density at radius 2 is 1.02 bits per heavy atom. The fourth-order valence-corrected chi connectivity index (χ4v) is 11.1. The minimum atomic E-state index is -0.125. The molecule has 0 N–H and O–H groups in total. The maximum Gasteiger partial charge on any atom is 0.0476 e. The van der Waals surface area contributed by atoms with Crippen LogP contribution in [0.15, 0.2) is 140 Å². The fraction of sp³-hybridized carbons (Fsp3) is 0.250. The van der Waals surface area contributed by atoms with Crippen molar-refractivity contribution in [2.75, 3.05) is 4.90 Å². The molecule has 8 aromatic rings. The van der Waals surface area contributed by atoms with E-state index >= 15 is 0 Å². The van der Waals surface area contributed by atoms with Crippen molar-refractivity contribution >= 4 is 48.6 Å². The number of nitrogens with zero attached hydrogens (tertiary/aromatic N) is 1. The van der Waals surface area contributed by atoms with E-state index in [1.54, 1.807) is 0 Å². The number of rotatable bonds is 4. The Kier molecular flexibility index (Phi) is 7.97. The van der Waals surface area contributed by atoms with Crippen LogP contribution in [0.3, 0.4) is 0 Å². The van der Waals surface area contributed by atoms with E-state index in [9.17, 15) is 0 Å². The molecule has 0 spiro atoms. The molecule has 58 heavy (non-hydrogen) atoms. The number of hydrogen-bond donors (Lipinski definition) is 0. The van der Waals surface area contributed by atoms with Crippen LogP contribution in [0.25, 0.3) is 53.6 Å². The van der Waals surface area contributed by atoms with E-state index in [2.05, 4.69) is 214 Å². The molecular weight excluding hydrogens is 719 g/mol. The summed E-state index contributed by atoms with van der Waals surface area (Å²) in [5, 5.41) is 2.64. The number of fused-ring (bicyclic) bond motifs is 9. The van der Waals surface area contributed by atoms with Gasteiger partial charge in [0, 0.05) is 48.1 Å². The van der Waals surface area contributed by atoms with Gasteiger partial charge in [-0.05, 0) is 126 Å². The van der Waals surface area contributed by atoms with Gasteiger partial charge in [-0.1, -0.05) is 160 Å². The molecule has 10 rings (SSSR count). The number of thiophene rings is 1. The van der Waals surface area contributed by atoms with Gasteiger partial charge in [0.15, 0.2) is 0 Å². The second-order valence-electron chi connectivity index (χ2n) is 19.9. The van der Waals surface area contributed by atoms with Gasteiger partial charge in [0.2, 0.25) is 0 Å². The van der Waals surface area contributed by atoms with Gasteiger partial charge in [-0.15, -0.1) is 11.3 Å². The molecule has 0 saturated heterocycles. The van der Waals surface area contributed by atoms with Crippen LogP contribution in [0.4, 0.5) is 17.1 Å². The van der Waals surface area contributed by atoms with Gasteiger partial charge in [-0.2, -0.15) is 0 Å². The van der Waals surface area contributed by atoms with Gasteiger partial charge in [0.05, 0.1) is 0 Å². The largest absolute Gasteiger partial charge is 0.310 e. The molecular formula is C56H53NS. The smallest absolute Gasteiger partial charge is 0.0476 e. The first-order valence-electron chi connectivity index (χ1n) is 20.9. The molecule has 0 atom stereocenters. The maximum atomic E-state index is 2.51. The zero-order valence-electron chi connectivity index (χ0n) is 35.6. The summed E-state index contributed by atoms with van der Waals surface area (Å²) in [5.41, 5.74) is 19.7. The minimum absolute atomic E-state index is 0.0106. The van der Waals surface area contributed by atoms with Crippen molar-refractivity contribution in [2.24, 2.45) is 0 Å². The molecule has 2 aliphatic carbocycles. The second-order valence-corrected chi connectivity index (χ2v) is 21.0. The van der Waals surface area contributed by atoms with Crippen LogP contribution in [0.2, 0.25) is 0 Å². The minimum Gasteiger partial charge on any atom is -0.310 e. The first kappa shape index (κ1) is 36.9. The molecule has 0 radical (unpaired) electrons. The highest BCUT2D eigenvalue weighted by Crippen LogP contribution is 2.55. The Balaban J connectivity index is 1.19. The zero-order valence-corrected chi connectivity index (χ0v) is 36.5. The summed E-state index contributed by atoms with van der Waals surface area (Å²) < 4.78 is 2.63. The van der Waals surface area contributed by atoms with Crippen molar-refractivity contribution in [3.8, 4) is 33.4 Å². The highest BCUT2D eigenvalue weighted by Gasteiger charge is 2.40. The fourth-order valence-electron chi connectivity index (χ4n) is 9.92. The first-order valence-corrected chi connectivity index (χ1v) is 21.7. The van der Waals surface area contributed by atoms with Gasteiger partial charge in [0.25, 0.3) is 0 Å². The maximum absolute atomic E-state index is 2.51. The molecule has 1 heterocycles. The van der Waals surface area contributed by atoms with E-state index in [1.807, 2.05) is 11.3 Å². The van der Waals surface area contributed by atoms with Crippen LogP contribution >= 0.6 is 11.3 Å². The van der Waals surface area contributed by atoms with E-state index in [4.69, 9.17) is 0 Å². The summed E-state index contributed by atoms with van der Waals surface area (Å²) in [6, 6.07) is 53.6. The summed E-state index contributed by atoms with van der Waals surface area (Å²) in [6.07, 6.45) is 0. The standard InChI is InChI=1S/C56H53NS/c1-53(2,3)35-22-25-44-47(30-35)56(9,10)49-31-36(54(4,5)6)29-45(52(44)49)34-16-15-17-37(28-34)57(39-24-27-43-42-19-12-14-21-50(42)58-51(43)33-39)38-23-26-41-40-18-11-13-20-46(40)55(7,8)48(41)32-38/h11-33H,1-10H3. The molecule has 0 fully saturated rings. The zero-order chi connectivity index (χ0) is 40.5. The molecule has 1 aromatic heterocycles.